The molecular weight excluding hydrogens is 348 g/mol. The fraction of sp³-hybridized carbons (Fsp3) is 0.158. The van der Waals surface area contributed by atoms with Crippen molar-refractivity contribution in [3.63, 3.8) is 0 Å². The van der Waals surface area contributed by atoms with Crippen LogP contribution in [0.1, 0.15) is 11.3 Å². The molecule has 27 heavy (non-hydrogen) atoms. The van der Waals surface area contributed by atoms with Crippen LogP contribution in [0, 0.1) is 10.1 Å². The SMILES string of the molecule is COc1cccn2cc(CCNC(=O)/C=C/c3ccc([N+](=O)[O-])cc3)nc12. The summed E-state index contributed by atoms with van der Waals surface area (Å²) >= 11 is 0. The lowest BCUT2D eigenvalue weighted by Gasteiger charge is -2.00. The van der Waals surface area contributed by atoms with Gasteiger partial charge in [0.25, 0.3) is 5.69 Å². The third kappa shape index (κ3) is 4.49. The van der Waals surface area contributed by atoms with Crippen LogP contribution in [-0.2, 0) is 11.2 Å². The first-order chi connectivity index (χ1) is 13.1. The van der Waals surface area contributed by atoms with E-state index >= 15 is 0 Å². The van der Waals surface area contributed by atoms with E-state index in [2.05, 4.69) is 10.3 Å². The Morgan fingerprint density at radius 2 is 2.11 bits per heavy atom. The van der Waals surface area contributed by atoms with Crippen LogP contribution in [0.4, 0.5) is 5.69 Å². The first-order valence-electron chi connectivity index (χ1n) is 8.28. The summed E-state index contributed by atoms with van der Waals surface area (Å²) in [5, 5.41) is 13.4. The summed E-state index contributed by atoms with van der Waals surface area (Å²) < 4.78 is 7.16. The number of nitro benzene ring substituents is 1. The molecule has 1 amide bonds. The van der Waals surface area contributed by atoms with E-state index in [0.29, 0.717) is 24.3 Å². The normalized spacial score (nSPS) is 11.0. The first-order valence-corrected chi connectivity index (χ1v) is 8.28. The highest BCUT2D eigenvalue weighted by molar-refractivity contribution is 5.91. The zero-order valence-corrected chi connectivity index (χ0v) is 14.7. The summed E-state index contributed by atoms with van der Waals surface area (Å²) in [6.45, 7) is 0.440. The van der Waals surface area contributed by atoms with Crippen LogP contribution in [0.2, 0.25) is 0 Å². The molecule has 0 saturated carbocycles. The van der Waals surface area contributed by atoms with E-state index < -0.39 is 4.92 Å². The number of non-ortho nitro benzene ring substituents is 1. The van der Waals surface area contributed by atoms with Crippen molar-refractivity contribution in [2.75, 3.05) is 13.7 Å². The predicted molar refractivity (Wildman–Crippen MR) is 101 cm³/mol. The van der Waals surface area contributed by atoms with Gasteiger partial charge >= 0.3 is 0 Å². The van der Waals surface area contributed by atoms with Crippen molar-refractivity contribution < 1.29 is 14.5 Å². The predicted octanol–water partition coefficient (Wildman–Crippen LogP) is 2.62. The molecule has 0 spiro atoms. The van der Waals surface area contributed by atoms with Crippen LogP contribution >= 0.6 is 0 Å². The maximum Gasteiger partial charge on any atom is 0.269 e. The molecule has 0 aliphatic heterocycles. The van der Waals surface area contributed by atoms with Crippen LogP contribution < -0.4 is 10.1 Å². The lowest BCUT2D eigenvalue weighted by molar-refractivity contribution is -0.384. The number of nitrogens with zero attached hydrogens (tertiary/aromatic N) is 3. The average Bonchev–Trinajstić information content (AvgIpc) is 3.09. The Balaban J connectivity index is 1.53. The molecule has 2 aromatic heterocycles. The molecule has 1 aromatic carbocycles. The van der Waals surface area contributed by atoms with Gasteiger partial charge in [-0.1, -0.05) is 0 Å². The molecule has 0 aliphatic rings. The maximum atomic E-state index is 11.9. The van der Waals surface area contributed by atoms with Gasteiger partial charge in [-0.2, -0.15) is 0 Å². The quantitative estimate of drug-likeness (QED) is 0.394. The molecule has 1 N–H and O–H groups in total. The van der Waals surface area contributed by atoms with E-state index in [1.807, 2.05) is 28.9 Å². The molecule has 2 heterocycles. The first kappa shape index (κ1) is 18.1. The fourth-order valence-electron chi connectivity index (χ4n) is 2.57. The molecule has 0 fully saturated rings. The lowest BCUT2D eigenvalue weighted by Crippen LogP contribution is -2.23. The minimum Gasteiger partial charge on any atom is -0.493 e. The van der Waals surface area contributed by atoms with Gasteiger partial charge in [-0.25, -0.2) is 4.98 Å². The number of benzene rings is 1. The van der Waals surface area contributed by atoms with Gasteiger partial charge in [0, 0.05) is 43.6 Å². The van der Waals surface area contributed by atoms with Crippen LogP contribution in [-0.4, -0.2) is 33.9 Å². The Hall–Kier alpha value is -3.68. The number of carbonyl (C=O) groups is 1. The van der Waals surface area contributed by atoms with Crippen LogP contribution in [0.25, 0.3) is 11.7 Å². The Bertz CT molecular complexity index is 993. The zero-order chi connectivity index (χ0) is 19.2. The third-order valence-electron chi connectivity index (χ3n) is 3.93. The summed E-state index contributed by atoms with van der Waals surface area (Å²) in [4.78, 5) is 26.6. The fourth-order valence-corrected chi connectivity index (χ4v) is 2.57. The van der Waals surface area contributed by atoms with Crippen molar-refractivity contribution >= 4 is 23.3 Å². The van der Waals surface area contributed by atoms with Gasteiger partial charge in [0.05, 0.1) is 17.7 Å². The Morgan fingerprint density at radius 3 is 2.81 bits per heavy atom. The number of imidazole rings is 1. The highest BCUT2D eigenvalue weighted by atomic mass is 16.6. The monoisotopic (exact) mass is 366 g/mol. The van der Waals surface area contributed by atoms with Gasteiger partial charge < -0.3 is 14.5 Å². The van der Waals surface area contributed by atoms with E-state index in [-0.39, 0.29) is 11.6 Å². The molecule has 8 heteroatoms. The van der Waals surface area contributed by atoms with Gasteiger partial charge in [0.15, 0.2) is 11.4 Å². The van der Waals surface area contributed by atoms with Crippen LogP contribution in [0.5, 0.6) is 5.75 Å². The van der Waals surface area contributed by atoms with Crippen molar-refractivity contribution in [3.05, 3.63) is 76.2 Å². The number of hydrogen-bond donors (Lipinski definition) is 1. The number of aromatic nitrogens is 2. The number of hydrogen-bond acceptors (Lipinski definition) is 5. The second-order valence-electron chi connectivity index (χ2n) is 5.76. The zero-order valence-electron chi connectivity index (χ0n) is 14.7. The number of methoxy groups -OCH3 is 1. The molecule has 0 bridgehead atoms. The van der Waals surface area contributed by atoms with Crippen LogP contribution in [0.15, 0.2) is 54.9 Å². The number of pyridine rings is 1. The van der Waals surface area contributed by atoms with Gasteiger partial charge in [-0.05, 0) is 35.9 Å². The molecular formula is C19H18N4O4. The number of nitro groups is 1. The molecule has 0 atom stereocenters. The second kappa shape index (κ2) is 8.13. The molecule has 0 unspecified atom stereocenters. The van der Waals surface area contributed by atoms with Gasteiger partial charge in [0.1, 0.15) is 0 Å². The summed E-state index contributed by atoms with van der Waals surface area (Å²) in [7, 11) is 1.60. The smallest absolute Gasteiger partial charge is 0.269 e. The summed E-state index contributed by atoms with van der Waals surface area (Å²) in [5.41, 5.74) is 2.31. The minimum absolute atomic E-state index is 0.0145. The van der Waals surface area contributed by atoms with E-state index in [1.54, 1.807) is 25.3 Å². The molecule has 0 aliphatic carbocycles. The molecule has 0 radical (unpaired) electrons. The third-order valence-corrected chi connectivity index (χ3v) is 3.93. The molecule has 0 saturated heterocycles. The maximum absolute atomic E-state index is 11.9. The Morgan fingerprint density at radius 1 is 1.33 bits per heavy atom. The molecule has 138 valence electrons. The number of fused-ring (bicyclic) bond motifs is 1. The van der Waals surface area contributed by atoms with E-state index in [1.165, 1.54) is 18.2 Å². The highest BCUT2D eigenvalue weighted by Crippen LogP contribution is 2.18. The van der Waals surface area contributed by atoms with Gasteiger partial charge in [0.2, 0.25) is 5.91 Å². The molecule has 3 aromatic rings. The van der Waals surface area contributed by atoms with Crippen molar-refractivity contribution in [1.82, 2.24) is 14.7 Å². The van der Waals surface area contributed by atoms with E-state index in [0.717, 1.165) is 11.3 Å². The standard InChI is InChI=1S/C19H18N4O4/c1-27-17-3-2-12-22-13-15(21-19(17)22)10-11-20-18(24)9-6-14-4-7-16(8-5-14)23(25)26/h2-9,12-13H,10-11H2,1H3,(H,20,24)/b9-6+. The minimum atomic E-state index is -0.463. The van der Waals surface area contributed by atoms with Crippen molar-refractivity contribution in [2.45, 2.75) is 6.42 Å². The average molecular weight is 366 g/mol. The number of ether oxygens (including phenoxy) is 1. The summed E-state index contributed by atoms with van der Waals surface area (Å²) in [6.07, 6.45) is 7.38. The largest absolute Gasteiger partial charge is 0.493 e. The summed E-state index contributed by atoms with van der Waals surface area (Å²) in [6, 6.07) is 9.70. The molecule has 3 rings (SSSR count). The number of amides is 1. The van der Waals surface area contributed by atoms with Crippen LogP contribution in [0.3, 0.4) is 0 Å². The van der Waals surface area contributed by atoms with E-state index in [9.17, 15) is 14.9 Å². The Labute approximate surface area is 155 Å². The highest BCUT2D eigenvalue weighted by Gasteiger charge is 2.07. The summed E-state index contributed by atoms with van der Waals surface area (Å²) in [5.74, 6) is 0.452. The van der Waals surface area contributed by atoms with Gasteiger partial charge in [-0.3, -0.25) is 14.9 Å². The second-order valence-corrected chi connectivity index (χ2v) is 5.76. The molecule has 8 nitrogen and oxygen atoms in total. The lowest BCUT2D eigenvalue weighted by atomic mass is 10.2. The van der Waals surface area contributed by atoms with E-state index in [4.69, 9.17) is 4.74 Å². The topological polar surface area (TPSA) is 98.8 Å². The van der Waals surface area contributed by atoms with Gasteiger partial charge in [-0.15, -0.1) is 0 Å². The van der Waals surface area contributed by atoms with Crippen molar-refractivity contribution in [2.24, 2.45) is 0 Å². The number of rotatable bonds is 7. The number of carbonyl (C=O) groups excluding carboxylic acids is 1. The Kier molecular flexibility index (Phi) is 5.46. The van der Waals surface area contributed by atoms with Crippen molar-refractivity contribution in [3.8, 4) is 5.75 Å². The number of nitrogens with one attached hydrogen (secondary N) is 1. The van der Waals surface area contributed by atoms with Crippen molar-refractivity contribution in [1.29, 1.82) is 0 Å².